The Bertz CT molecular complexity index is 315. The minimum Gasteiger partial charge on any atom is -0.298 e. The van der Waals surface area contributed by atoms with Crippen LogP contribution in [0, 0.1) is 5.92 Å². The van der Waals surface area contributed by atoms with Crippen molar-refractivity contribution >= 4 is 29.8 Å². The van der Waals surface area contributed by atoms with E-state index in [2.05, 4.69) is 12.1 Å². The van der Waals surface area contributed by atoms with Gasteiger partial charge in [0.05, 0.1) is 0 Å². The van der Waals surface area contributed by atoms with Gasteiger partial charge in [-0.2, -0.15) is 23.5 Å². The molecule has 1 aliphatic rings. The minimum absolute atomic E-state index is 0.770. The Balaban J connectivity index is 1.94. The fourth-order valence-corrected chi connectivity index (χ4v) is 4.25. The van der Waals surface area contributed by atoms with Crippen LogP contribution in [0.5, 0.6) is 0 Å². The summed E-state index contributed by atoms with van der Waals surface area (Å²) in [6.07, 6.45) is 2.05. The van der Waals surface area contributed by atoms with E-state index >= 15 is 0 Å². The Labute approximate surface area is 99.0 Å². The van der Waals surface area contributed by atoms with Crippen LogP contribution in [-0.2, 0) is 6.42 Å². The lowest BCUT2D eigenvalue weighted by molar-refractivity contribution is 0.112. The van der Waals surface area contributed by atoms with Crippen LogP contribution in [-0.4, -0.2) is 22.9 Å². The second-order valence-electron chi connectivity index (χ2n) is 3.79. The average Bonchev–Trinajstić information content (AvgIpc) is 2.31. The van der Waals surface area contributed by atoms with E-state index in [9.17, 15) is 4.79 Å². The zero-order valence-electron chi connectivity index (χ0n) is 8.52. The van der Waals surface area contributed by atoms with Crippen LogP contribution >= 0.6 is 23.5 Å². The van der Waals surface area contributed by atoms with Crippen LogP contribution in [0.1, 0.15) is 15.9 Å². The van der Waals surface area contributed by atoms with E-state index in [1.54, 1.807) is 0 Å². The van der Waals surface area contributed by atoms with E-state index in [1.165, 1.54) is 22.2 Å². The maximum absolute atomic E-state index is 10.5. The third-order valence-corrected chi connectivity index (χ3v) is 5.26. The number of carbonyl (C=O) groups is 1. The average molecular weight is 238 g/mol. The van der Waals surface area contributed by atoms with E-state index in [4.69, 9.17) is 0 Å². The van der Waals surface area contributed by atoms with Gasteiger partial charge in [0, 0.05) is 10.6 Å². The summed E-state index contributed by atoms with van der Waals surface area (Å²) in [5, 5.41) is 1.25. The molecule has 15 heavy (non-hydrogen) atoms. The van der Waals surface area contributed by atoms with Crippen LogP contribution in [0.25, 0.3) is 0 Å². The van der Waals surface area contributed by atoms with Crippen molar-refractivity contribution in [2.75, 3.05) is 16.6 Å². The van der Waals surface area contributed by atoms with Gasteiger partial charge in [-0.3, -0.25) is 4.79 Å². The summed E-state index contributed by atoms with van der Waals surface area (Å²) in [6.45, 7) is 0. The van der Waals surface area contributed by atoms with Crippen LogP contribution in [0.3, 0.4) is 0 Å². The van der Waals surface area contributed by atoms with Crippen molar-refractivity contribution in [2.24, 2.45) is 5.92 Å². The molecule has 0 amide bonds. The van der Waals surface area contributed by atoms with Gasteiger partial charge in [-0.25, -0.2) is 0 Å². The van der Waals surface area contributed by atoms with Gasteiger partial charge in [0.15, 0.2) is 0 Å². The highest BCUT2D eigenvalue weighted by Gasteiger charge is 2.14. The number of rotatable bonds is 3. The van der Waals surface area contributed by atoms with Crippen molar-refractivity contribution in [3.05, 3.63) is 35.4 Å². The fraction of sp³-hybridized carbons (Fsp3) is 0.417. The zero-order chi connectivity index (χ0) is 10.5. The quantitative estimate of drug-likeness (QED) is 0.753. The van der Waals surface area contributed by atoms with Crippen molar-refractivity contribution in [2.45, 2.75) is 6.42 Å². The number of thioether (sulfide) groups is 2. The first-order valence-corrected chi connectivity index (χ1v) is 7.39. The first-order valence-electron chi connectivity index (χ1n) is 5.08. The molecule has 3 heteroatoms. The molecule has 1 aromatic carbocycles. The van der Waals surface area contributed by atoms with Gasteiger partial charge in [0.1, 0.15) is 6.29 Å². The molecule has 1 aromatic rings. The van der Waals surface area contributed by atoms with Crippen molar-refractivity contribution in [1.29, 1.82) is 0 Å². The summed E-state index contributed by atoms with van der Waals surface area (Å²) >= 11 is 4.07. The van der Waals surface area contributed by atoms with Gasteiger partial charge >= 0.3 is 0 Å². The Hall–Kier alpha value is -0.410. The monoisotopic (exact) mass is 238 g/mol. The number of hydrogen-bond donors (Lipinski definition) is 0. The molecule has 0 aromatic heterocycles. The van der Waals surface area contributed by atoms with Gasteiger partial charge in [-0.15, -0.1) is 0 Å². The molecule has 1 heterocycles. The van der Waals surface area contributed by atoms with Crippen molar-refractivity contribution in [3.63, 3.8) is 0 Å². The smallest absolute Gasteiger partial charge is 0.150 e. The lowest BCUT2D eigenvalue weighted by atomic mass is 10.0. The number of aldehydes is 1. The first-order chi connectivity index (χ1) is 7.38. The topological polar surface area (TPSA) is 17.1 Å². The van der Waals surface area contributed by atoms with Crippen LogP contribution in [0.4, 0.5) is 0 Å². The van der Waals surface area contributed by atoms with Crippen LogP contribution < -0.4 is 0 Å². The molecule has 1 nitrogen and oxygen atoms in total. The molecule has 1 fully saturated rings. The summed E-state index contributed by atoms with van der Waals surface area (Å²) in [7, 11) is 0. The maximum atomic E-state index is 10.5. The maximum Gasteiger partial charge on any atom is 0.150 e. The highest BCUT2D eigenvalue weighted by Crippen LogP contribution is 2.27. The van der Waals surface area contributed by atoms with Gasteiger partial charge < -0.3 is 0 Å². The van der Waals surface area contributed by atoms with Crippen LogP contribution in [0.2, 0.25) is 0 Å². The van der Waals surface area contributed by atoms with Gasteiger partial charge in [-0.05, 0) is 29.4 Å². The summed E-state index contributed by atoms with van der Waals surface area (Å²) in [4.78, 5) is 10.5. The molecule has 0 aliphatic carbocycles. The van der Waals surface area contributed by atoms with Gasteiger partial charge in [0.25, 0.3) is 0 Å². The number of hydrogen-bond acceptors (Lipinski definition) is 3. The highest BCUT2D eigenvalue weighted by molar-refractivity contribution is 8.16. The van der Waals surface area contributed by atoms with E-state index in [-0.39, 0.29) is 0 Å². The van der Waals surface area contributed by atoms with Crippen LogP contribution in [0.15, 0.2) is 24.3 Å². The van der Waals surface area contributed by atoms with E-state index in [0.29, 0.717) is 0 Å². The van der Waals surface area contributed by atoms with Crippen molar-refractivity contribution in [3.8, 4) is 0 Å². The van der Waals surface area contributed by atoms with Crippen molar-refractivity contribution in [1.82, 2.24) is 0 Å². The Morgan fingerprint density at radius 3 is 2.47 bits per heavy atom. The molecule has 80 valence electrons. The Morgan fingerprint density at radius 2 is 1.87 bits per heavy atom. The zero-order valence-corrected chi connectivity index (χ0v) is 10.2. The molecule has 0 bridgehead atoms. The summed E-state index contributed by atoms with van der Waals surface area (Å²) < 4.78 is 0. The molecule has 0 saturated carbocycles. The summed E-state index contributed by atoms with van der Waals surface area (Å²) in [6, 6.07) is 7.97. The standard InChI is InChI=1S/C12H14OS2/c13-6-11-3-1-10(2-4-11)5-12-7-14-9-15-8-12/h1-4,6,12H,5,7-9H2. The molecule has 0 N–H and O–H groups in total. The summed E-state index contributed by atoms with van der Waals surface area (Å²) in [5.41, 5.74) is 2.12. The molecule has 0 radical (unpaired) electrons. The minimum atomic E-state index is 0.770. The molecule has 1 saturated heterocycles. The highest BCUT2D eigenvalue weighted by atomic mass is 32.2. The SMILES string of the molecule is O=Cc1ccc(CC2CSCSC2)cc1. The third-order valence-electron chi connectivity index (χ3n) is 2.51. The largest absolute Gasteiger partial charge is 0.298 e. The lowest BCUT2D eigenvalue weighted by Crippen LogP contribution is -2.14. The molecule has 0 spiro atoms. The fourth-order valence-electron chi connectivity index (χ4n) is 1.72. The van der Waals surface area contributed by atoms with Gasteiger partial charge in [-0.1, -0.05) is 24.3 Å². The second-order valence-corrected chi connectivity index (χ2v) is 6.21. The normalized spacial score (nSPS) is 17.6. The Kier molecular flexibility index (Phi) is 4.15. The molecular formula is C12H14OS2. The third kappa shape index (κ3) is 3.28. The van der Waals surface area contributed by atoms with Gasteiger partial charge in [0.2, 0.25) is 0 Å². The molecular weight excluding hydrogens is 224 g/mol. The predicted octanol–water partition coefficient (Wildman–Crippen LogP) is 3.10. The molecule has 1 aliphatic heterocycles. The Morgan fingerprint density at radius 1 is 1.20 bits per heavy atom. The molecule has 0 unspecified atom stereocenters. The lowest BCUT2D eigenvalue weighted by Gasteiger charge is -2.20. The molecule has 2 rings (SSSR count). The summed E-state index contributed by atoms with van der Waals surface area (Å²) in [5.74, 6) is 3.36. The number of carbonyl (C=O) groups excluding carboxylic acids is 1. The van der Waals surface area contributed by atoms with E-state index < -0.39 is 0 Å². The van der Waals surface area contributed by atoms with E-state index in [0.717, 1.165) is 24.2 Å². The van der Waals surface area contributed by atoms with E-state index in [1.807, 2.05) is 35.7 Å². The predicted molar refractivity (Wildman–Crippen MR) is 68.8 cm³/mol. The number of benzene rings is 1. The van der Waals surface area contributed by atoms with Crippen molar-refractivity contribution < 1.29 is 4.79 Å². The first kappa shape index (κ1) is 11.1. The molecule has 0 atom stereocenters. The second kappa shape index (κ2) is 5.61.